The summed E-state index contributed by atoms with van der Waals surface area (Å²) in [6.07, 6.45) is 5.13. The Balaban J connectivity index is 1.28. The van der Waals surface area contributed by atoms with Crippen LogP contribution < -0.4 is 5.32 Å². The molecule has 1 aliphatic heterocycles. The fourth-order valence-corrected chi connectivity index (χ4v) is 7.10. The number of nitrogens with zero attached hydrogens (tertiary/aromatic N) is 6. The number of fused-ring (bicyclic) bond motifs is 1. The van der Waals surface area contributed by atoms with Crippen molar-refractivity contribution in [3.05, 3.63) is 88.8 Å². The molecule has 0 radical (unpaired) electrons. The van der Waals surface area contributed by atoms with E-state index in [1.54, 1.807) is 24.4 Å². The van der Waals surface area contributed by atoms with Crippen LogP contribution in [-0.2, 0) is 10.0 Å². The maximum atomic E-state index is 13.2. The number of thiazole rings is 1. The number of hydrogen-bond acceptors (Lipinski definition) is 7. The fourth-order valence-electron chi connectivity index (χ4n) is 4.73. The highest BCUT2D eigenvalue weighted by Crippen LogP contribution is 2.35. The van der Waals surface area contributed by atoms with Gasteiger partial charge in [0.05, 0.1) is 22.9 Å². The Morgan fingerprint density at radius 2 is 1.97 bits per heavy atom. The first-order chi connectivity index (χ1) is 18.9. The van der Waals surface area contributed by atoms with Crippen LogP contribution in [0.3, 0.4) is 0 Å². The van der Waals surface area contributed by atoms with Crippen molar-refractivity contribution < 1.29 is 8.42 Å². The van der Waals surface area contributed by atoms with Gasteiger partial charge in [-0.1, -0.05) is 29.8 Å². The summed E-state index contributed by atoms with van der Waals surface area (Å²) < 4.78 is 29.9. The lowest BCUT2D eigenvalue weighted by Gasteiger charge is -2.32. The second-order valence-corrected chi connectivity index (χ2v) is 12.3. The summed E-state index contributed by atoms with van der Waals surface area (Å²) in [6, 6.07) is 15.3. The summed E-state index contributed by atoms with van der Waals surface area (Å²) in [7, 11) is -3.65. The lowest BCUT2D eigenvalue weighted by atomic mass is 10.1. The van der Waals surface area contributed by atoms with Crippen molar-refractivity contribution in [1.82, 2.24) is 23.7 Å². The fraction of sp³-hybridized carbons (Fsp3) is 0.185. The number of aromatic nitrogens is 4. The zero-order valence-corrected chi connectivity index (χ0v) is 22.9. The van der Waals surface area contributed by atoms with Crippen LogP contribution in [0.25, 0.3) is 32.5 Å². The molecule has 0 bridgehead atoms. The molecule has 1 aliphatic rings. The van der Waals surface area contributed by atoms with E-state index >= 15 is 0 Å². The number of hydrogen-bond donors (Lipinski definition) is 1. The molecule has 0 unspecified atom stereocenters. The number of benzene rings is 2. The standard InChI is InChI=1S/C27H22ClN7O2S2/c1-29-20-5-2-4-18(16-20)24-25(35-14-15-38-27(35)33-24)23-11-12-30-26(32-23)31-21-6-3-13-34(17-21)39(36,37)22-9-7-19(28)8-10-22/h2,4-5,7-12,14-16,21H,3,6,13,17H2,(H,30,31,32)/t21-/m1/s1. The molecule has 4 heterocycles. The Hall–Kier alpha value is -3.82. The third-order valence-corrected chi connectivity index (χ3v) is 9.47. The van der Waals surface area contributed by atoms with E-state index in [9.17, 15) is 8.42 Å². The minimum Gasteiger partial charge on any atom is -0.350 e. The number of rotatable bonds is 6. The summed E-state index contributed by atoms with van der Waals surface area (Å²) in [5.41, 5.74) is 3.57. The largest absolute Gasteiger partial charge is 0.350 e. The zero-order valence-electron chi connectivity index (χ0n) is 20.5. The van der Waals surface area contributed by atoms with Gasteiger partial charge in [0.1, 0.15) is 5.69 Å². The van der Waals surface area contributed by atoms with Gasteiger partial charge < -0.3 is 5.32 Å². The number of imidazole rings is 1. The maximum Gasteiger partial charge on any atom is 0.243 e. The van der Waals surface area contributed by atoms with Crippen LogP contribution >= 0.6 is 22.9 Å². The molecule has 0 saturated carbocycles. The molecular weight excluding hydrogens is 554 g/mol. The van der Waals surface area contributed by atoms with Crippen LogP contribution in [0, 0.1) is 6.57 Å². The van der Waals surface area contributed by atoms with Crippen molar-refractivity contribution >= 4 is 49.6 Å². The Kier molecular flexibility index (Phi) is 6.78. The lowest BCUT2D eigenvalue weighted by Crippen LogP contribution is -2.45. The Labute approximate surface area is 234 Å². The monoisotopic (exact) mass is 575 g/mol. The molecular formula is C27H22ClN7O2S2. The Bertz CT molecular complexity index is 1810. The van der Waals surface area contributed by atoms with Crippen LogP contribution in [0.5, 0.6) is 0 Å². The second kappa shape index (κ2) is 10.4. The predicted molar refractivity (Wildman–Crippen MR) is 153 cm³/mol. The highest BCUT2D eigenvalue weighted by molar-refractivity contribution is 7.89. The molecule has 1 atom stereocenters. The quantitative estimate of drug-likeness (QED) is 0.250. The normalized spacial score (nSPS) is 16.3. The van der Waals surface area contributed by atoms with Crippen molar-refractivity contribution in [3.63, 3.8) is 0 Å². The topological polar surface area (TPSA) is 96.9 Å². The van der Waals surface area contributed by atoms with Gasteiger partial charge >= 0.3 is 0 Å². The van der Waals surface area contributed by atoms with Crippen LogP contribution in [0.4, 0.5) is 11.6 Å². The van der Waals surface area contributed by atoms with Gasteiger partial charge in [0.15, 0.2) is 10.6 Å². The van der Waals surface area contributed by atoms with Crippen LogP contribution in [0.1, 0.15) is 12.8 Å². The number of halogens is 1. The van der Waals surface area contributed by atoms with Gasteiger partial charge in [0, 0.05) is 41.9 Å². The van der Waals surface area contributed by atoms with Gasteiger partial charge in [0.2, 0.25) is 16.0 Å². The van der Waals surface area contributed by atoms with Gasteiger partial charge in [-0.25, -0.2) is 28.2 Å². The third kappa shape index (κ3) is 4.99. The Morgan fingerprint density at radius 3 is 2.79 bits per heavy atom. The van der Waals surface area contributed by atoms with Gasteiger partial charge in [-0.05, 0) is 54.8 Å². The molecule has 1 N–H and O–H groups in total. The molecule has 1 saturated heterocycles. The van der Waals surface area contributed by atoms with Crippen molar-refractivity contribution in [2.24, 2.45) is 0 Å². The third-order valence-electron chi connectivity index (χ3n) is 6.58. The van der Waals surface area contributed by atoms with E-state index in [2.05, 4.69) is 15.1 Å². The summed E-state index contributed by atoms with van der Waals surface area (Å²) in [4.78, 5) is 18.6. The molecule has 39 heavy (non-hydrogen) atoms. The molecule has 2 aromatic carbocycles. The summed E-state index contributed by atoms with van der Waals surface area (Å²) >= 11 is 7.46. The van der Waals surface area contributed by atoms with Gasteiger partial charge in [0.25, 0.3) is 0 Å². The molecule has 0 spiro atoms. The predicted octanol–water partition coefficient (Wildman–Crippen LogP) is 5.99. The maximum absolute atomic E-state index is 13.2. The minimum atomic E-state index is -3.65. The minimum absolute atomic E-state index is 0.155. The number of sulfonamides is 1. The van der Waals surface area contributed by atoms with Crippen LogP contribution in [-0.4, -0.2) is 51.2 Å². The zero-order chi connectivity index (χ0) is 27.0. The SMILES string of the molecule is [C-]#[N+]c1cccc(-c2nc3sccn3c2-c2ccnc(N[C@@H]3CCCN(S(=O)(=O)c4ccc(Cl)cc4)C3)n2)c1. The first kappa shape index (κ1) is 25.5. The molecule has 12 heteroatoms. The van der Waals surface area contributed by atoms with Crippen molar-refractivity contribution in [3.8, 4) is 22.6 Å². The number of anilines is 1. The molecule has 5 aromatic rings. The van der Waals surface area contributed by atoms with E-state index in [0.717, 1.165) is 28.3 Å². The van der Waals surface area contributed by atoms with E-state index < -0.39 is 10.0 Å². The molecule has 196 valence electrons. The first-order valence-corrected chi connectivity index (χ1v) is 14.9. The molecule has 9 nitrogen and oxygen atoms in total. The van der Waals surface area contributed by atoms with Crippen LogP contribution in [0.15, 0.2) is 77.3 Å². The van der Waals surface area contributed by atoms with E-state index in [0.29, 0.717) is 41.9 Å². The molecule has 1 fully saturated rings. The lowest BCUT2D eigenvalue weighted by molar-refractivity contribution is 0.326. The highest BCUT2D eigenvalue weighted by atomic mass is 35.5. The van der Waals surface area contributed by atoms with E-state index in [1.165, 1.54) is 27.8 Å². The number of nitrogens with one attached hydrogen (secondary N) is 1. The average Bonchev–Trinajstić information content (AvgIpc) is 3.55. The van der Waals surface area contributed by atoms with Crippen molar-refractivity contribution in [2.45, 2.75) is 23.8 Å². The molecule has 3 aromatic heterocycles. The number of piperidine rings is 1. The van der Waals surface area contributed by atoms with E-state index in [4.69, 9.17) is 28.1 Å². The van der Waals surface area contributed by atoms with E-state index in [-0.39, 0.29) is 10.9 Å². The summed E-state index contributed by atoms with van der Waals surface area (Å²) in [5, 5.41) is 5.80. The van der Waals surface area contributed by atoms with Crippen LogP contribution in [0.2, 0.25) is 5.02 Å². The van der Waals surface area contributed by atoms with Gasteiger partial charge in [-0.3, -0.25) is 4.40 Å². The second-order valence-electron chi connectivity index (χ2n) is 9.09. The van der Waals surface area contributed by atoms with Gasteiger partial charge in [-0.2, -0.15) is 4.31 Å². The average molecular weight is 576 g/mol. The summed E-state index contributed by atoms with van der Waals surface area (Å²) in [6.45, 7) is 8.13. The van der Waals surface area contributed by atoms with Gasteiger partial charge in [-0.15, -0.1) is 11.3 Å². The first-order valence-electron chi connectivity index (χ1n) is 12.2. The smallest absolute Gasteiger partial charge is 0.243 e. The van der Waals surface area contributed by atoms with Crippen molar-refractivity contribution in [1.29, 1.82) is 0 Å². The molecule has 0 amide bonds. The van der Waals surface area contributed by atoms with E-state index in [1.807, 2.05) is 40.2 Å². The van der Waals surface area contributed by atoms with Crippen molar-refractivity contribution in [2.75, 3.05) is 18.4 Å². The highest BCUT2D eigenvalue weighted by Gasteiger charge is 2.30. The molecule has 0 aliphatic carbocycles. The Morgan fingerprint density at radius 1 is 1.13 bits per heavy atom. The molecule has 6 rings (SSSR count). The summed E-state index contributed by atoms with van der Waals surface area (Å²) in [5.74, 6) is 0.411.